The molecule has 1 heterocycles. The summed E-state index contributed by atoms with van der Waals surface area (Å²) >= 11 is 0. The van der Waals surface area contributed by atoms with Crippen LogP contribution >= 0.6 is 0 Å². The van der Waals surface area contributed by atoms with E-state index in [2.05, 4.69) is 19.9 Å². The Labute approximate surface area is 90.9 Å². The molecule has 2 nitrogen and oxygen atoms in total. The normalized spacial score (nSPS) is 20.4. The first kappa shape index (κ1) is 10.5. The van der Waals surface area contributed by atoms with E-state index in [1.165, 1.54) is 5.56 Å². The Bertz CT molecular complexity index is 383. The van der Waals surface area contributed by atoms with Crippen LogP contribution in [0.4, 0.5) is 0 Å². The minimum Gasteiger partial charge on any atom is -0.493 e. The van der Waals surface area contributed by atoms with Crippen LogP contribution in [0.2, 0.25) is 0 Å². The molecule has 1 aromatic rings. The standard InChI is InChI=1S/C13H18O2/c1-8-7-9(2)12-11(14)5-4-6-15-13(12)10(8)3/h7,11,14H,4-6H2,1-3H3. The van der Waals surface area contributed by atoms with Crippen LogP contribution in [0.5, 0.6) is 5.75 Å². The predicted octanol–water partition coefficient (Wildman–Crippen LogP) is 2.82. The van der Waals surface area contributed by atoms with Gasteiger partial charge in [0, 0.05) is 5.56 Å². The number of rotatable bonds is 0. The van der Waals surface area contributed by atoms with Crippen molar-refractivity contribution in [2.45, 2.75) is 39.7 Å². The topological polar surface area (TPSA) is 29.5 Å². The molecule has 2 rings (SSSR count). The van der Waals surface area contributed by atoms with Crippen LogP contribution < -0.4 is 4.74 Å². The van der Waals surface area contributed by atoms with Crippen molar-refractivity contribution >= 4 is 0 Å². The van der Waals surface area contributed by atoms with Gasteiger partial charge in [0.1, 0.15) is 5.75 Å². The average molecular weight is 206 g/mol. The van der Waals surface area contributed by atoms with Crippen molar-refractivity contribution in [3.63, 3.8) is 0 Å². The van der Waals surface area contributed by atoms with Crippen LogP contribution in [0.3, 0.4) is 0 Å². The molecule has 0 saturated heterocycles. The van der Waals surface area contributed by atoms with Gasteiger partial charge in [-0.05, 0) is 50.3 Å². The highest BCUT2D eigenvalue weighted by molar-refractivity contribution is 5.51. The van der Waals surface area contributed by atoms with Crippen molar-refractivity contribution in [3.8, 4) is 5.75 Å². The monoisotopic (exact) mass is 206 g/mol. The summed E-state index contributed by atoms with van der Waals surface area (Å²) in [5.74, 6) is 0.914. The van der Waals surface area contributed by atoms with E-state index in [0.717, 1.165) is 35.3 Å². The zero-order valence-electron chi connectivity index (χ0n) is 9.63. The molecular formula is C13H18O2. The van der Waals surface area contributed by atoms with Gasteiger partial charge in [-0.3, -0.25) is 0 Å². The largest absolute Gasteiger partial charge is 0.493 e. The van der Waals surface area contributed by atoms with E-state index < -0.39 is 0 Å². The number of benzene rings is 1. The highest BCUT2D eigenvalue weighted by atomic mass is 16.5. The predicted molar refractivity (Wildman–Crippen MR) is 60.3 cm³/mol. The smallest absolute Gasteiger partial charge is 0.128 e. The van der Waals surface area contributed by atoms with Gasteiger partial charge in [-0.1, -0.05) is 6.07 Å². The summed E-state index contributed by atoms with van der Waals surface area (Å²) in [6.45, 7) is 6.91. The molecule has 0 spiro atoms. The van der Waals surface area contributed by atoms with Crippen LogP contribution in [0.25, 0.3) is 0 Å². The van der Waals surface area contributed by atoms with E-state index in [9.17, 15) is 5.11 Å². The van der Waals surface area contributed by atoms with Gasteiger partial charge in [-0.25, -0.2) is 0 Å². The molecule has 0 radical (unpaired) electrons. The first-order chi connectivity index (χ1) is 7.11. The van der Waals surface area contributed by atoms with E-state index in [0.29, 0.717) is 6.61 Å². The lowest BCUT2D eigenvalue weighted by molar-refractivity contribution is 0.167. The molecule has 0 amide bonds. The number of hydrogen-bond donors (Lipinski definition) is 1. The van der Waals surface area contributed by atoms with Crippen LogP contribution in [-0.2, 0) is 0 Å². The minimum atomic E-state index is -0.359. The van der Waals surface area contributed by atoms with Crippen molar-refractivity contribution in [1.82, 2.24) is 0 Å². The fourth-order valence-corrected chi connectivity index (χ4v) is 2.27. The number of aryl methyl sites for hydroxylation is 2. The molecule has 1 aromatic carbocycles. The maximum absolute atomic E-state index is 10.1. The summed E-state index contributed by atoms with van der Waals surface area (Å²) in [6.07, 6.45) is 1.37. The lowest BCUT2D eigenvalue weighted by atomic mass is 9.94. The van der Waals surface area contributed by atoms with Crippen LogP contribution in [-0.4, -0.2) is 11.7 Å². The van der Waals surface area contributed by atoms with E-state index >= 15 is 0 Å². The van der Waals surface area contributed by atoms with E-state index in [4.69, 9.17) is 4.74 Å². The zero-order chi connectivity index (χ0) is 11.0. The summed E-state index contributed by atoms with van der Waals surface area (Å²) in [5.41, 5.74) is 4.54. The molecule has 1 aliphatic rings. The number of aliphatic hydroxyl groups excluding tert-OH is 1. The SMILES string of the molecule is Cc1cc(C)c2c(c1C)OCCCC2O. The molecular weight excluding hydrogens is 188 g/mol. The van der Waals surface area contributed by atoms with Crippen molar-refractivity contribution in [2.24, 2.45) is 0 Å². The number of hydrogen-bond acceptors (Lipinski definition) is 2. The van der Waals surface area contributed by atoms with Crippen LogP contribution in [0.1, 0.15) is 41.2 Å². The highest BCUT2D eigenvalue weighted by Gasteiger charge is 2.22. The molecule has 0 bridgehead atoms. The van der Waals surface area contributed by atoms with Crippen molar-refractivity contribution in [2.75, 3.05) is 6.61 Å². The fraction of sp³-hybridized carbons (Fsp3) is 0.538. The van der Waals surface area contributed by atoms with Crippen LogP contribution in [0, 0.1) is 20.8 Å². The third-order valence-electron chi connectivity index (χ3n) is 3.24. The molecule has 0 saturated carbocycles. The summed E-state index contributed by atoms with van der Waals surface area (Å²) in [7, 11) is 0. The van der Waals surface area contributed by atoms with Crippen molar-refractivity contribution in [3.05, 3.63) is 28.3 Å². The first-order valence-electron chi connectivity index (χ1n) is 5.53. The Balaban J connectivity index is 2.63. The zero-order valence-corrected chi connectivity index (χ0v) is 9.63. The summed E-state index contributed by atoms with van der Waals surface area (Å²) in [4.78, 5) is 0. The molecule has 82 valence electrons. The van der Waals surface area contributed by atoms with Crippen molar-refractivity contribution < 1.29 is 9.84 Å². The van der Waals surface area contributed by atoms with Gasteiger partial charge < -0.3 is 9.84 Å². The number of fused-ring (bicyclic) bond motifs is 1. The number of aliphatic hydroxyl groups is 1. The minimum absolute atomic E-state index is 0.359. The second-order valence-electron chi connectivity index (χ2n) is 4.38. The second kappa shape index (κ2) is 3.86. The van der Waals surface area contributed by atoms with Gasteiger partial charge in [0.25, 0.3) is 0 Å². The Morgan fingerprint density at radius 1 is 1.27 bits per heavy atom. The molecule has 1 N–H and O–H groups in total. The third-order valence-corrected chi connectivity index (χ3v) is 3.24. The van der Waals surface area contributed by atoms with E-state index in [1.54, 1.807) is 0 Å². The second-order valence-corrected chi connectivity index (χ2v) is 4.38. The fourth-order valence-electron chi connectivity index (χ4n) is 2.27. The van der Waals surface area contributed by atoms with Gasteiger partial charge in [0.15, 0.2) is 0 Å². The van der Waals surface area contributed by atoms with Gasteiger partial charge in [-0.2, -0.15) is 0 Å². The lowest BCUT2D eigenvalue weighted by Gasteiger charge is -2.18. The van der Waals surface area contributed by atoms with Gasteiger partial charge in [0.2, 0.25) is 0 Å². The lowest BCUT2D eigenvalue weighted by Crippen LogP contribution is -2.03. The summed E-state index contributed by atoms with van der Waals surface area (Å²) in [6, 6.07) is 2.13. The Morgan fingerprint density at radius 2 is 2.00 bits per heavy atom. The maximum atomic E-state index is 10.1. The molecule has 2 heteroatoms. The molecule has 1 unspecified atom stereocenters. The van der Waals surface area contributed by atoms with E-state index in [1.807, 2.05) is 6.92 Å². The summed E-state index contributed by atoms with van der Waals surface area (Å²) in [5, 5.41) is 10.1. The van der Waals surface area contributed by atoms with Crippen LogP contribution in [0.15, 0.2) is 6.07 Å². The molecule has 0 fully saturated rings. The molecule has 0 aromatic heterocycles. The first-order valence-corrected chi connectivity index (χ1v) is 5.53. The Hall–Kier alpha value is -1.02. The third kappa shape index (κ3) is 1.74. The average Bonchev–Trinajstić information content (AvgIpc) is 2.37. The molecule has 1 atom stereocenters. The molecule has 15 heavy (non-hydrogen) atoms. The summed E-state index contributed by atoms with van der Waals surface area (Å²) < 4.78 is 5.75. The Kier molecular flexibility index (Phi) is 2.70. The van der Waals surface area contributed by atoms with Gasteiger partial charge in [0.05, 0.1) is 12.7 Å². The van der Waals surface area contributed by atoms with Gasteiger partial charge in [-0.15, -0.1) is 0 Å². The maximum Gasteiger partial charge on any atom is 0.128 e. The van der Waals surface area contributed by atoms with Crippen molar-refractivity contribution in [1.29, 1.82) is 0 Å². The van der Waals surface area contributed by atoms with Gasteiger partial charge >= 0.3 is 0 Å². The van der Waals surface area contributed by atoms with E-state index in [-0.39, 0.29) is 6.10 Å². The quantitative estimate of drug-likeness (QED) is 0.707. The highest BCUT2D eigenvalue weighted by Crippen LogP contribution is 2.37. The molecule has 1 aliphatic heterocycles. The number of ether oxygens (including phenoxy) is 1. The molecule has 0 aliphatic carbocycles. The Morgan fingerprint density at radius 3 is 2.73 bits per heavy atom.